The number of fused-ring (bicyclic) bond motifs is 1. The van der Waals surface area contributed by atoms with Crippen LogP contribution in [0, 0.1) is 10.1 Å². The molecule has 7 nitrogen and oxygen atoms in total. The predicted molar refractivity (Wildman–Crippen MR) is 77.1 cm³/mol. The number of halogens is 1. The lowest BCUT2D eigenvalue weighted by Gasteiger charge is -2.22. The van der Waals surface area contributed by atoms with Gasteiger partial charge in [0.05, 0.1) is 13.2 Å². The van der Waals surface area contributed by atoms with Gasteiger partial charge >= 0.3 is 11.8 Å². The molecule has 1 unspecified atom stereocenters. The molecule has 1 aliphatic heterocycles. The first kappa shape index (κ1) is 14.0. The molecule has 0 radical (unpaired) electrons. The second-order valence-electron chi connectivity index (χ2n) is 4.67. The summed E-state index contributed by atoms with van der Waals surface area (Å²) in [4.78, 5) is 13.9. The maximum absolute atomic E-state index is 10.7. The molecule has 21 heavy (non-hydrogen) atoms. The molecule has 0 fully saturated rings. The molecular weight excluding hydrogens is 342 g/mol. The zero-order valence-electron chi connectivity index (χ0n) is 10.9. The largest absolute Gasteiger partial charge is 0.443 e. The minimum absolute atomic E-state index is 0.162. The van der Waals surface area contributed by atoms with Crippen molar-refractivity contribution in [2.24, 2.45) is 0 Å². The van der Waals surface area contributed by atoms with Crippen LogP contribution in [0.3, 0.4) is 0 Å². The summed E-state index contributed by atoms with van der Waals surface area (Å²) in [5.41, 5.74) is 1.05. The van der Waals surface area contributed by atoms with Gasteiger partial charge in [-0.2, -0.15) is 0 Å². The summed E-state index contributed by atoms with van der Waals surface area (Å²) in [6.07, 6.45) is 1.20. The molecule has 1 aromatic carbocycles. The first-order valence-electron chi connectivity index (χ1n) is 6.32. The van der Waals surface area contributed by atoms with E-state index >= 15 is 0 Å². The predicted octanol–water partition coefficient (Wildman–Crippen LogP) is 2.53. The van der Waals surface area contributed by atoms with E-state index in [1.165, 1.54) is 6.20 Å². The lowest BCUT2D eigenvalue weighted by atomic mass is 10.2. The van der Waals surface area contributed by atoms with E-state index in [2.05, 4.69) is 20.9 Å². The van der Waals surface area contributed by atoms with E-state index < -0.39 is 4.92 Å². The second kappa shape index (κ2) is 5.82. The Bertz CT molecular complexity index is 673. The fourth-order valence-corrected chi connectivity index (χ4v) is 2.55. The van der Waals surface area contributed by atoms with Gasteiger partial charge < -0.3 is 19.6 Å². The van der Waals surface area contributed by atoms with Crippen molar-refractivity contribution >= 4 is 21.7 Å². The van der Waals surface area contributed by atoms with Gasteiger partial charge in [-0.3, -0.25) is 4.57 Å². The number of benzene rings is 1. The van der Waals surface area contributed by atoms with Crippen LogP contribution in [0.5, 0.6) is 6.01 Å². The van der Waals surface area contributed by atoms with Crippen molar-refractivity contribution in [1.29, 1.82) is 0 Å². The molecule has 8 heteroatoms. The summed E-state index contributed by atoms with van der Waals surface area (Å²) >= 11 is 3.41. The van der Waals surface area contributed by atoms with Crippen LogP contribution in [-0.2, 0) is 17.9 Å². The van der Waals surface area contributed by atoms with Crippen LogP contribution < -0.4 is 4.74 Å². The van der Waals surface area contributed by atoms with Gasteiger partial charge in [-0.25, -0.2) is 0 Å². The number of hydrogen-bond acceptors (Lipinski definition) is 5. The van der Waals surface area contributed by atoms with Crippen LogP contribution in [0.15, 0.2) is 34.9 Å². The molecule has 0 aliphatic carbocycles. The van der Waals surface area contributed by atoms with Crippen molar-refractivity contribution in [3.63, 3.8) is 0 Å². The third-order valence-corrected chi connectivity index (χ3v) is 3.58. The van der Waals surface area contributed by atoms with Crippen molar-refractivity contribution in [1.82, 2.24) is 9.55 Å². The molecule has 110 valence electrons. The fourth-order valence-electron chi connectivity index (χ4n) is 2.10. The average molecular weight is 354 g/mol. The molecule has 2 aromatic rings. The van der Waals surface area contributed by atoms with Crippen molar-refractivity contribution < 1.29 is 14.4 Å². The molecule has 3 rings (SSSR count). The number of imidazole rings is 1. The lowest BCUT2D eigenvalue weighted by Crippen LogP contribution is -2.32. The second-order valence-corrected chi connectivity index (χ2v) is 5.58. The van der Waals surface area contributed by atoms with E-state index in [9.17, 15) is 10.1 Å². The Morgan fingerprint density at radius 1 is 1.57 bits per heavy atom. The highest BCUT2D eigenvalue weighted by Gasteiger charge is 2.28. The van der Waals surface area contributed by atoms with Gasteiger partial charge in [0.1, 0.15) is 18.9 Å². The first-order valence-corrected chi connectivity index (χ1v) is 7.11. The van der Waals surface area contributed by atoms with Crippen molar-refractivity contribution in [3.8, 4) is 6.01 Å². The van der Waals surface area contributed by atoms with E-state index in [1.54, 1.807) is 4.57 Å². The molecule has 1 atom stereocenters. The highest BCUT2D eigenvalue weighted by molar-refractivity contribution is 9.10. The Hall–Kier alpha value is -1.93. The third kappa shape index (κ3) is 3.22. The van der Waals surface area contributed by atoms with E-state index in [0.29, 0.717) is 19.8 Å². The topological polar surface area (TPSA) is 79.4 Å². The Kier molecular flexibility index (Phi) is 3.89. The number of hydrogen-bond donors (Lipinski definition) is 0. The van der Waals surface area contributed by atoms with Crippen LogP contribution in [0.1, 0.15) is 5.56 Å². The smallest absolute Gasteiger partial charge is 0.414 e. The number of rotatable bonds is 4. The van der Waals surface area contributed by atoms with Crippen LogP contribution in [-0.4, -0.2) is 27.2 Å². The van der Waals surface area contributed by atoms with Gasteiger partial charge in [0, 0.05) is 9.46 Å². The maximum Gasteiger partial charge on any atom is 0.414 e. The summed E-state index contributed by atoms with van der Waals surface area (Å²) in [7, 11) is 0. The average Bonchev–Trinajstić information content (AvgIpc) is 2.88. The van der Waals surface area contributed by atoms with Crippen LogP contribution in [0.25, 0.3) is 0 Å². The summed E-state index contributed by atoms with van der Waals surface area (Å²) in [5.74, 6) is -0.211. The number of nitro groups is 1. The van der Waals surface area contributed by atoms with E-state index in [1.807, 2.05) is 24.3 Å². The fraction of sp³-hybridized carbons (Fsp3) is 0.308. The normalized spacial score (nSPS) is 17.1. The Balaban J connectivity index is 1.62. The molecule has 1 aliphatic rings. The zero-order chi connectivity index (χ0) is 14.8. The molecule has 1 aromatic heterocycles. The number of nitrogens with zero attached hydrogens (tertiary/aromatic N) is 3. The summed E-state index contributed by atoms with van der Waals surface area (Å²) in [6.45, 7) is 1.28. The van der Waals surface area contributed by atoms with E-state index in [4.69, 9.17) is 9.47 Å². The molecule has 2 heterocycles. The Morgan fingerprint density at radius 3 is 3.19 bits per heavy atom. The Morgan fingerprint density at radius 2 is 2.43 bits per heavy atom. The Labute approximate surface area is 128 Å². The van der Waals surface area contributed by atoms with Crippen LogP contribution in [0.4, 0.5) is 5.82 Å². The summed E-state index contributed by atoms with van der Waals surface area (Å²) in [6, 6.07) is 8.12. The van der Waals surface area contributed by atoms with E-state index in [-0.39, 0.29) is 17.9 Å². The quantitative estimate of drug-likeness (QED) is 0.623. The molecule has 0 N–H and O–H groups in total. The van der Waals surface area contributed by atoms with Gasteiger partial charge in [0.2, 0.25) is 0 Å². The molecular formula is C13H12BrN3O4. The van der Waals surface area contributed by atoms with Crippen molar-refractivity contribution in [3.05, 3.63) is 50.6 Å². The third-order valence-electron chi connectivity index (χ3n) is 3.09. The number of ether oxygens (including phenoxy) is 2. The van der Waals surface area contributed by atoms with E-state index in [0.717, 1.165) is 10.0 Å². The molecule has 0 amide bonds. The van der Waals surface area contributed by atoms with Gasteiger partial charge in [0.25, 0.3) is 0 Å². The summed E-state index contributed by atoms with van der Waals surface area (Å²) < 4.78 is 13.8. The van der Waals surface area contributed by atoms with Gasteiger partial charge in [-0.1, -0.05) is 28.1 Å². The highest BCUT2D eigenvalue weighted by atomic mass is 79.9. The molecule has 0 spiro atoms. The summed E-state index contributed by atoms with van der Waals surface area (Å²) in [5, 5.41) is 10.7. The van der Waals surface area contributed by atoms with Gasteiger partial charge in [-0.05, 0) is 22.6 Å². The van der Waals surface area contributed by atoms with Crippen LogP contribution in [0.2, 0.25) is 0 Å². The van der Waals surface area contributed by atoms with Gasteiger partial charge in [0.15, 0.2) is 0 Å². The SMILES string of the molecule is O=[N+]([O-])c1cn2c(n1)OCC(OCc1cccc(Br)c1)C2. The minimum atomic E-state index is -0.536. The standard InChI is InChI=1S/C13H12BrN3O4/c14-10-3-1-2-9(4-10)7-20-11-5-16-6-12(17(18)19)15-13(16)21-8-11/h1-4,6,11H,5,7-8H2. The first-order chi connectivity index (χ1) is 10.1. The molecule has 0 saturated heterocycles. The van der Waals surface area contributed by atoms with Crippen molar-refractivity contribution in [2.45, 2.75) is 19.3 Å². The minimum Gasteiger partial charge on any atom is -0.443 e. The van der Waals surface area contributed by atoms with Crippen molar-refractivity contribution in [2.75, 3.05) is 6.61 Å². The van der Waals surface area contributed by atoms with Gasteiger partial charge in [-0.15, -0.1) is 0 Å². The highest BCUT2D eigenvalue weighted by Crippen LogP contribution is 2.23. The molecule has 0 bridgehead atoms. The molecule has 0 saturated carbocycles. The monoisotopic (exact) mass is 353 g/mol. The van der Waals surface area contributed by atoms with Crippen LogP contribution >= 0.6 is 15.9 Å². The maximum atomic E-state index is 10.7. The lowest BCUT2D eigenvalue weighted by molar-refractivity contribution is -0.389. The zero-order valence-corrected chi connectivity index (χ0v) is 12.5. The number of aromatic nitrogens is 2.